The number of ether oxygens (including phenoxy) is 2. The minimum atomic E-state index is -0.396. The summed E-state index contributed by atoms with van der Waals surface area (Å²) >= 11 is 18.7. The first kappa shape index (κ1) is 26.0. The predicted octanol–water partition coefficient (Wildman–Crippen LogP) is 6.42. The van der Waals surface area contributed by atoms with Crippen LogP contribution in [0.3, 0.4) is 0 Å². The molecule has 10 heteroatoms. The fourth-order valence-corrected chi connectivity index (χ4v) is 5.08. The summed E-state index contributed by atoms with van der Waals surface area (Å²) in [4.78, 5) is 27.4. The number of carbonyl (C=O) groups is 2. The quantitative estimate of drug-likeness (QED) is 0.254. The van der Waals surface area contributed by atoms with Crippen LogP contribution in [0.25, 0.3) is 6.08 Å². The number of methoxy groups -OCH3 is 1. The molecule has 1 heterocycles. The second kappa shape index (κ2) is 11.8. The second-order valence-corrected chi connectivity index (χ2v) is 10.1. The van der Waals surface area contributed by atoms with E-state index in [4.69, 9.17) is 44.9 Å². The summed E-state index contributed by atoms with van der Waals surface area (Å²) in [5.74, 6) is 0.252. The first-order valence-corrected chi connectivity index (χ1v) is 12.7. The number of benzene rings is 3. The normalized spacial score (nSPS) is 14.3. The van der Waals surface area contributed by atoms with Crippen LogP contribution in [0.2, 0.25) is 10.0 Å². The lowest BCUT2D eigenvalue weighted by atomic mass is 10.1. The Morgan fingerprint density at radius 3 is 2.58 bits per heavy atom. The first-order valence-electron chi connectivity index (χ1n) is 10.7. The fraction of sp³-hybridized carbons (Fsp3) is 0.115. The molecule has 0 saturated carbocycles. The molecule has 0 aliphatic carbocycles. The largest absolute Gasteiger partial charge is 0.493 e. The van der Waals surface area contributed by atoms with Gasteiger partial charge in [0.2, 0.25) is 0 Å². The number of nitrogens with one attached hydrogen (secondary N) is 1. The Hall–Kier alpha value is -3.04. The molecule has 184 valence electrons. The molecule has 1 saturated heterocycles. The van der Waals surface area contributed by atoms with Crippen LogP contribution in [0.5, 0.6) is 11.5 Å². The molecule has 3 aromatic carbocycles. The summed E-state index contributed by atoms with van der Waals surface area (Å²) in [6.07, 6.45) is 1.76. The molecular formula is C26H20Cl2N2O4S2. The molecule has 0 aromatic heterocycles. The molecule has 6 nitrogen and oxygen atoms in total. The lowest BCUT2D eigenvalue weighted by molar-refractivity contribution is -0.122. The van der Waals surface area contributed by atoms with Crippen molar-refractivity contribution in [1.29, 1.82) is 0 Å². The number of nitrogens with zero attached hydrogens (tertiary/aromatic N) is 1. The van der Waals surface area contributed by atoms with Crippen molar-refractivity contribution in [2.45, 2.75) is 6.54 Å². The Morgan fingerprint density at radius 2 is 1.86 bits per heavy atom. The highest BCUT2D eigenvalue weighted by Gasteiger charge is 2.32. The van der Waals surface area contributed by atoms with Gasteiger partial charge in [0, 0.05) is 5.02 Å². The number of halogens is 2. The second-order valence-electron chi connectivity index (χ2n) is 7.62. The molecule has 0 bridgehead atoms. The van der Waals surface area contributed by atoms with E-state index in [-0.39, 0.29) is 12.5 Å². The van der Waals surface area contributed by atoms with Gasteiger partial charge in [-0.05, 0) is 47.5 Å². The summed E-state index contributed by atoms with van der Waals surface area (Å²) in [6, 6.07) is 19.6. The molecule has 36 heavy (non-hydrogen) atoms. The van der Waals surface area contributed by atoms with E-state index in [0.29, 0.717) is 43.0 Å². The van der Waals surface area contributed by atoms with Gasteiger partial charge in [-0.2, -0.15) is 0 Å². The van der Waals surface area contributed by atoms with Gasteiger partial charge in [0.15, 0.2) is 18.1 Å². The zero-order chi connectivity index (χ0) is 25.7. The average molecular weight is 559 g/mol. The molecular weight excluding hydrogens is 539 g/mol. The third-order valence-electron chi connectivity index (χ3n) is 5.11. The molecule has 1 aliphatic rings. The van der Waals surface area contributed by atoms with E-state index >= 15 is 0 Å². The zero-order valence-corrected chi connectivity index (χ0v) is 22.1. The lowest BCUT2D eigenvalue weighted by Gasteiger charge is -2.14. The van der Waals surface area contributed by atoms with Gasteiger partial charge >= 0.3 is 0 Å². The Bertz CT molecular complexity index is 1350. The molecule has 0 unspecified atom stereocenters. The van der Waals surface area contributed by atoms with Crippen molar-refractivity contribution in [2.75, 3.05) is 19.0 Å². The number of hydrogen-bond donors (Lipinski definition) is 1. The molecule has 0 radical (unpaired) electrons. The van der Waals surface area contributed by atoms with Crippen molar-refractivity contribution < 1.29 is 19.1 Å². The summed E-state index contributed by atoms with van der Waals surface area (Å²) in [7, 11) is 1.50. The summed E-state index contributed by atoms with van der Waals surface area (Å²) in [5.41, 5.74) is 2.17. The van der Waals surface area contributed by atoms with Crippen LogP contribution in [-0.2, 0) is 16.1 Å². The molecule has 0 atom stereocenters. The van der Waals surface area contributed by atoms with Gasteiger partial charge in [0.05, 0.1) is 29.3 Å². The maximum atomic E-state index is 12.9. The van der Waals surface area contributed by atoms with Crippen molar-refractivity contribution in [2.24, 2.45) is 0 Å². The summed E-state index contributed by atoms with van der Waals surface area (Å²) < 4.78 is 11.6. The van der Waals surface area contributed by atoms with E-state index in [1.807, 2.05) is 30.3 Å². The van der Waals surface area contributed by atoms with Crippen LogP contribution in [0.1, 0.15) is 11.1 Å². The zero-order valence-electron chi connectivity index (χ0n) is 19.0. The highest BCUT2D eigenvalue weighted by atomic mass is 35.5. The standard InChI is InChI=1S/C26H20Cl2N2O4S2/c1-33-22-11-17(12-23-25(32)30(26(35)36-23)14-16-5-3-2-4-6-16)7-10-21(22)34-15-24(31)29-20-9-8-18(27)13-19(20)28/h2-13H,14-15H2,1H3,(H,29,31)/b23-12-. The van der Waals surface area contributed by atoms with Crippen molar-refractivity contribution in [3.63, 3.8) is 0 Å². The maximum absolute atomic E-state index is 12.9. The van der Waals surface area contributed by atoms with Crippen LogP contribution in [0, 0.1) is 0 Å². The topological polar surface area (TPSA) is 67.9 Å². The predicted molar refractivity (Wildman–Crippen MR) is 149 cm³/mol. The van der Waals surface area contributed by atoms with Gasteiger partial charge in [-0.15, -0.1) is 0 Å². The number of anilines is 1. The number of hydrogen-bond acceptors (Lipinski definition) is 6. The maximum Gasteiger partial charge on any atom is 0.266 e. The summed E-state index contributed by atoms with van der Waals surface area (Å²) in [5, 5.41) is 3.47. The third-order valence-corrected chi connectivity index (χ3v) is 7.03. The van der Waals surface area contributed by atoms with Crippen LogP contribution in [0.15, 0.2) is 71.6 Å². The number of amides is 2. The molecule has 1 aliphatic heterocycles. The van der Waals surface area contributed by atoms with Gasteiger partial charge in [-0.25, -0.2) is 0 Å². The van der Waals surface area contributed by atoms with Crippen molar-refractivity contribution in [1.82, 2.24) is 4.90 Å². The molecule has 2 amide bonds. The molecule has 3 aromatic rings. The third kappa shape index (κ3) is 6.39. The first-order chi connectivity index (χ1) is 17.3. The van der Waals surface area contributed by atoms with Crippen molar-refractivity contribution >= 4 is 75.1 Å². The van der Waals surface area contributed by atoms with E-state index < -0.39 is 5.91 Å². The van der Waals surface area contributed by atoms with Crippen molar-refractivity contribution in [3.8, 4) is 11.5 Å². The van der Waals surface area contributed by atoms with E-state index in [2.05, 4.69) is 5.32 Å². The van der Waals surface area contributed by atoms with Crippen molar-refractivity contribution in [3.05, 3.63) is 92.8 Å². The SMILES string of the molecule is COc1cc(/C=C2\SC(=S)N(Cc3ccccc3)C2=O)ccc1OCC(=O)Nc1ccc(Cl)cc1Cl. The van der Waals surface area contributed by atoms with Gasteiger partial charge in [-0.3, -0.25) is 14.5 Å². The Labute approximate surface area is 228 Å². The average Bonchev–Trinajstić information content (AvgIpc) is 3.12. The number of carbonyl (C=O) groups excluding carboxylic acids is 2. The van der Waals surface area contributed by atoms with E-state index in [1.165, 1.54) is 24.9 Å². The minimum Gasteiger partial charge on any atom is -0.493 e. The number of thiocarbonyl (C=S) groups is 1. The van der Waals surface area contributed by atoms with Crippen LogP contribution in [0.4, 0.5) is 5.69 Å². The van der Waals surface area contributed by atoms with E-state index in [1.54, 1.807) is 41.3 Å². The smallest absolute Gasteiger partial charge is 0.266 e. The van der Waals surface area contributed by atoms with E-state index in [9.17, 15) is 9.59 Å². The number of thioether (sulfide) groups is 1. The van der Waals surface area contributed by atoms with Crippen LogP contribution < -0.4 is 14.8 Å². The minimum absolute atomic E-state index is 0.148. The highest BCUT2D eigenvalue weighted by molar-refractivity contribution is 8.26. The Kier molecular flexibility index (Phi) is 8.53. The molecule has 1 fully saturated rings. The molecule has 1 N–H and O–H groups in total. The Morgan fingerprint density at radius 1 is 1.08 bits per heavy atom. The van der Waals surface area contributed by atoms with Gasteiger partial charge < -0.3 is 14.8 Å². The van der Waals surface area contributed by atoms with Gasteiger partial charge in [-0.1, -0.05) is 83.6 Å². The number of rotatable bonds is 8. The highest BCUT2D eigenvalue weighted by Crippen LogP contribution is 2.35. The van der Waals surface area contributed by atoms with Crippen LogP contribution in [-0.4, -0.2) is 34.8 Å². The van der Waals surface area contributed by atoms with E-state index in [0.717, 1.165) is 11.1 Å². The fourth-order valence-electron chi connectivity index (χ4n) is 3.37. The monoisotopic (exact) mass is 558 g/mol. The van der Waals surface area contributed by atoms with Gasteiger partial charge in [0.1, 0.15) is 4.32 Å². The molecule has 4 rings (SSSR count). The summed E-state index contributed by atoms with van der Waals surface area (Å²) in [6.45, 7) is 0.162. The van der Waals surface area contributed by atoms with Gasteiger partial charge in [0.25, 0.3) is 11.8 Å². The Balaban J connectivity index is 1.42. The lowest BCUT2D eigenvalue weighted by Crippen LogP contribution is -2.27. The van der Waals surface area contributed by atoms with Crippen LogP contribution >= 0.6 is 47.2 Å². The molecule has 0 spiro atoms.